The minimum absolute atomic E-state index is 0.103. The fourth-order valence-electron chi connectivity index (χ4n) is 1.77. The van der Waals surface area contributed by atoms with Gasteiger partial charge in [-0.3, -0.25) is 10.1 Å². The molecule has 0 unspecified atom stereocenters. The monoisotopic (exact) mass is 320 g/mol. The SMILES string of the molecule is O=C(NC[C@H](O)c1ccc(Cl)cc1Cl)[C@H]1CSCN1. The van der Waals surface area contributed by atoms with Crippen LogP contribution in [0.1, 0.15) is 11.7 Å². The Balaban J connectivity index is 1.89. The van der Waals surface area contributed by atoms with E-state index in [1.165, 1.54) is 0 Å². The smallest absolute Gasteiger partial charge is 0.238 e. The van der Waals surface area contributed by atoms with E-state index in [1.54, 1.807) is 30.0 Å². The van der Waals surface area contributed by atoms with Gasteiger partial charge in [0.15, 0.2) is 0 Å². The minimum Gasteiger partial charge on any atom is -0.387 e. The van der Waals surface area contributed by atoms with Crippen molar-refractivity contribution in [2.24, 2.45) is 0 Å². The number of thioether (sulfide) groups is 1. The van der Waals surface area contributed by atoms with Gasteiger partial charge in [-0.25, -0.2) is 0 Å². The molecule has 104 valence electrons. The number of hydrogen-bond acceptors (Lipinski definition) is 4. The maximum atomic E-state index is 11.8. The molecule has 2 rings (SSSR count). The van der Waals surface area contributed by atoms with Gasteiger partial charge in [0.1, 0.15) is 0 Å². The molecule has 1 fully saturated rings. The molecule has 1 heterocycles. The number of amides is 1. The Bertz CT molecular complexity index is 467. The molecule has 0 aromatic heterocycles. The first kappa shape index (κ1) is 14.9. The van der Waals surface area contributed by atoms with Crippen LogP contribution in [0.4, 0.5) is 0 Å². The van der Waals surface area contributed by atoms with Gasteiger partial charge >= 0.3 is 0 Å². The topological polar surface area (TPSA) is 61.4 Å². The lowest BCUT2D eigenvalue weighted by atomic mass is 10.1. The highest BCUT2D eigenvalue weighted by atomic mass is 35.5. The third-order valence-corrected chi connectivity index (χ3v) is 4.33. The maximum absolute atomic E-state index is 11.8. The van der Waals surface area contributed by atoms with Crippen molar-refractivity contribution in [3.8, 4) is 0 Å². The van der Waals surface area contributed by atoms with Gasteiger partial charge in [-0.05, 0) is 12.1 Å². The first-order valence-corrected chi connectivity index (χ1v) is 7.71. The lowest BCUT2D eigenvalue weighted by Crippen LogP contribution is -2.43. The largest absolute Gasteiger partial charge is 0.387 e. The molecule has 0 aliphatic carbocycles. The molecular formula is C12H14Cl2N2O2S. The van der Waals surface area contributed by atoms with Crippen molar-refractivity contribution in [3.63, 3.8) is 0 Å². The highest BCUT2D eigenvalue weighted by molar-refractivity contribution is 7.99. The molecule has 3 N–H and O–H groups in total. The second-order valence-electron chi connectivity index (χ2n) is 4.20. The fourth-order valence-corrected chi connectivity index (χ4v) is 3.24. The summed E-state index contributed by atoms with van der Waals surface area (Å²) in [5.74, 6) is 1.43. The standard InChI is InChI=1S/C12H14Cl2N2O2S/c13-7-1-2-8(9(14)3-7)11(17)4-15-12(18)10-5-19-6-16-10/h1-3,10-11,16-17H,4-6H2,(H,15,18)/t10-,11+/m1/s1. The molecule has 1 aliphatic rings. The van der Waals surface area contributed by atoms with Gasteiger partial charge in [0.25, 0.3) is 0 Å². The Labute approximate surface area is 125 Å². The predicted octanol–water partition coefficient (Wildman–Crippen LogP) is 1.81. The summed E-state index contributed by atoms with van der Waals surface area (Å²) >= 11 is 13.5. The number of rotatable bonds is 4. The van der Waals surface area contributed by atoms with E-state index in [0.29, 0.717) is 15.6 Å². The number of carbonyl (C=O) groups is 1. The molecule has 0 saturated carbocycles. The van der Waals surface area contributed by atoms with Crippen molar-refractivity contribution in [1.82, 2.24) is 10.6 Å². The number of halogens is 2. The van der Waals surface area contributed by atoms with Crippen LogP contribution >= 0.6 is 35.0 Å². The van der Waals surface area contributed by atoms with Crippen LogP contribution in [0.15, 0.2) is 18.2 Å². The number of aliphatic hydroxyl groups excluding tert-OH is 1. The molecule has 2 atom stereocenters. The van der Waals surface area contributed by atoms with Crippen LogP contribution in [-0.2, 0) is 4.79 Å². The van der Waals surface area contributed by atoms with Gasteiger partial charge < -0.3 is 10.4 Å². The Morgan fingerprint density at radius 1 is 1.58 bits per heavy atom. The number of benzene rings is 1. The zero-order chi connectivity index (χ0) is 13.8. The van der Waals surface area contributed by atoms with E-state index in [0.717, 1.165) is 11.6 Å². The van der Waals surface area contributed by atoms with Gasteiger partial charge in [-0.15, -0.1) is 11.8 Å². The lowest BCUT2D eigenvalue weighted by molar-refractivity contribution is -0.122. The summed E-state index contributed by atoms with van der Waals surface area (Å²) in [5.41, 5.74) is 0.556. The van der Waals surface area contributed by atoms with E-state index >= 15 is 0 Å². The van der Waals surface area contributed by atoms with Gasteiger partial charge in [0.05, 0.1) is 12.1 Å². The van der Waals surface area contributed by atoms with Crippen molar-refractivity contribution in [2.75, 3.05) is 18.2 Å². The Kier molecular flexibility index (Phi) is 5.36. The van der Waals surface area contributed by atoms with E-state index in [-0.39, 0.29) is 18.5 Å². The van der Waals surface area contributed by atoms with Crippen molar-refractivity contribution in [2.45, 2.75) is 12.1 Å². The molecule has 19 heavy (non-hydrogen) atoms. The molecule has 4 nitrogen and oxygen atoms in total. The molecule has 1 saturated heterocycles. The first-order valence-electron chi connectivity index (χ1n) is 5.80. The van der Waals surface area contributed by atoms with E-state index in [2.05, 4.69) is 10.6 Å². The van der Waals surface area contributed by atoms with Crippen LogP contribution in [0.2, 0.25) is 10.0 Å². The summed E-state index contributed by atoms with van der Waals surface area (Å²) in [7, 11) is 0. The fraction of sp³-hybridized carbons (Fsp3) is 0.417. The first-order chi connectivity index (χ1) is 9.08. The maximum Gasteiger partial charge on any atom is 0.238 e. The summed E-state index contributed by atoms with van der Waals surface area (Å²) in [5, 5.41) is 16.7. The lowest BCUT2D eigenvalue weighted by Gasteiger charge is -2.16. The summed E-state index contributed by atoms with van der Waals surface area (Å²) in [6.45, 7) is 0.128. The second-order valence-corrected chi connectivity index (χ2v) is 6.07. The van der Waals surface area contributed by atoms with Crippen molar-refractivity contribution in [3.05, 3.63) is 33.8 Å². The van der Waals surface area contributed by atoms with Crippen molar-refractivity contribution >= 4 is 40.9 Å². The predicted molar refractivity (Wildman–Crippen MR) is 78.7 cm³/mol. The minimum atomic E-state index is -0.845. The normalized spacial score (nSPS) is 20.3. The van der Waals surface area contributed by atoms with E-state index in [4.69, 9.17) is 23.2 Å². The van der Waals surface area contributed by atoms with Gasteiger partial charge in [-0.1, -0.05) is 29.3 Å². The zero-order valence-electron chi connectivity index (χ0n) is 10.0. The van der Waals surface area contributed by atoms with Crippen molar-refractivity contribution in [1.29, 1.82) is 0 Å². The Morgan fingerprint density at radius 3 is 3.00 bits per heavy atom. The molecule has 1 aromatic rings. The summed E-state index contributed by atoms with van der Waals surface area (Å²) < 4.78 is 0. The number of hydrogen-bond donors (Lipinski definition) is 3. The van der Waals surface area contributed by atoms with Crippen LogP contribution in [-0.4, -0.2) is 35.2 Å². The molecular weight excluding hydrogens is 307 g/mol. The van der Waals surface area contributed by atoms with Crippen molar-refractivity contribution < 1.29 is 9.90 Å². The summed E-state index contributed by atoms with van der Waals surface area (Å²) in [6, 6.07) is 4.70. The van der Waals surface area contributed by atoms with Crippen LogP contribution in [0, 0.1) is 0 Å². The average Bonchev–Trinajstić information content (AvgIpc) is 2.89. The molecule has 0 bridgehead atoms. The van der Waals surface area contributed by atoms with Crippen LogP contribution in [0.5, 0.6) is 0 Å². The number of carbonyl (C=O) groups excluding carboxylic acids is 1. The highest BCUT2D eigenvalue weighted by Crippen LogP contribution is 2.25. The molecule has 1 aromatic carbocycles. The van der Waals surface area contributed by atoms with Crippen LogP contribution < -0.4 is 10.6 Å². The third-order valence-electron chi connectivity index (χ3n) is 2.82. The van der Waals surface area contributed by atoms with E-state index < -0.39 is 6.10 Å². The Morgan fingerprint density at radius 2 is 2.37 bits per heavy atom. The third kappa shape index (κ3) is 4.00. The highest BCUT2D eigenvalue weighted by Gasteiger charge is 2.23. The van der Waals surface area contributed by atoms with E-state index in [1.807, 2.05) is 0 Å². The summed E-state index contributed by atoms with van der Waals surface area (Å²) in [4.78, 5) is 11.8. The second kappa shape index (κ2) is 6.81. The summed E-state index contributed by atoms with van der Waals surface area (Å²) in [6.07, 6.45) is -0.845. The zero-order valence-corrected chi connectivity index (χ0v) is 12.4. The Hall–Kier alpha value is -0.460. The number of nitrogens with one attached hydrogen (secondary N) is 2. The van der Waals surface area contributed by atoms with Gasteiger partial charge in [0.2, 0.25) is 5.91 Å². The molecule has 0 spiro atoms. The molecule has 7 heteroatoms. The quantitative estimate of drug-likeness (QED) is 0.791. The molecule has 1 aliphatic heterocycles. The average molecular weight is 321 g/mol. The number of aliphatic hydroxyl groups is 1. The van der Waals surface area contributed by atoms with Gasteiger partial charge in [-0.2, -0.15) is 0 Å². The van der Waals surface area contributed by atoms with Crippen LogP contribution in [0.25, 0.3) is 0 Å². The van der Waals surface area contributed by atoms with Crippen LogP contribution in [0.3, 0.4) is 0 Å². The van der Waals surface area contributed by atoms with Gasteiger partial charge in [0, 0.05) is 33.8 Å². The van der Waals surface area contributed by atoms with E-state index in [9.17, 15) is 9.90 Å². The molecule has 1 amide bonds. The molecule has 0 radical (unpaired) electrons.